The lowest BCUT2D eigenvalue weighted by molar-refractivity contribution is -0.133. The first-order chi connectivity index (χ1) is 24.4. The lowest BCUT2D eigenvalue weighted by atomic mass is 10.1. The van der Waals surface area contributed by atoms with Gasteiger partial charge in [0.2, 0.25) is 11.8 Å². The maximum absolute atomic E-state index is 13.4. The summed E-state index contributed by atoms with van der Waals surface area (Å²) in [5.74, 6) is 1.34. The van der Waals surface area contributed by atoms with Gasteiger partial charge >= 0.3 is 0 Å². The van der Waals surface area contributed by atoms with Gasteiger partial charge in [0.15, 0.2) is 0 Å². The Hall–Kier alpha value is -3.88. The van der Waals surface area contributed by atoms with Crippen molar-refractivity contribution in [2.75, 3.05) is 39.4 Å². The van der Waals surface area contributed by atoms with Gasteiger partial charge in [0.05, 0.1) is 25.2 Å². The van der Waals surface area contributed by atoms with Crippen molar-refractivity contribution < 1.29 is 19.1 Å². The van der Waals surface area contributed by atoms with Crippen molar-refractivity contribution in [2.24, 2.45) is 11.5 Å². The lowest BCUT2D eigenvalue weighted by Gasteiger charge is -2.26. The fourth-order valence-corrected chi connectivity index (χ4v) is 6.04. The first-order valence-electron chi connectivity index (χ1n) is 18.9. The SMILES string of the molecule is CCCCCCCN(CCOc1ccc(OCCN(CCCCCCC)C(=O)[C@@H](N)Cc2ccccc2)cc1)C(=O)[C@@H](N)Cc1ccccc1. The van der Waals surface area contributed by atoms with Gasteiger partial charge in [-0.1, -0.05) is 126 Å². The van der Waals surface area contributed by atoms with Gasteiger partial charge in [-0.15, -0.1) is 0 Å². The Morgan fingerprint density at radius 3 is 1.24 bits per heavy atom. The Kier molecular flexibility index (Phi) is 19.7. The van der Waals surface area contributed by atoms with E-state index < -0.39 is 12.1 Å². The van der Waals surface area contributed by atoms with E-state index in [0.717, 1.165) is 36.8 Å². The molecule has 3 aromatic rings. The normalized spacial score (nSPS) is 12.2. The smallest absolute Gasteiger partial charge is 0.239 e. The largest absolute Gasteiger partial charge is 0.492 e. The molecule has 0 aromatic heterocycles. The second-order valence-corrected chi connectivity index (χ2v) is 13.2. The van der Waals surface area contributed by atoms with Gasteiger partial charge in [-0.2, -0.15) is 0 Å². The lowest BCUT2D eigenvalue weighted by Crippen LogP contribution is -2.46. The molecule has 8 heteroatoms. The maximum atomic E-state index is 13.4. The molecule has 0 bridgehead atoms. The van der Waals surface area contributed by atoms with E-state index in [-0.39, 0.29) is 11.8 Å². The Morgan fingerprint density at radius 2 is 0.880 bits per heavy atom. The molecule has 0 aliphatic carbocycles. The summed E-state index contributed by atoms with van der Waals surface area (Å²) in [6.45, 7) is 7.45. The molecule has 0 aliphatic heterocycles. The molecule has 0 spiro atoms. The molecule has 274 valence electrons. The van der Waals surface area contributed by atoms with E-state index in [1.165, 1.54) is 38.5 Å². The number of carbonyl (C=O) groups excluding carboxylic acids is 2. The minimum absolute atomic E-state index is 0.0359. The van der Waals surface area contributed by atoms with Crippen LogP contribution in [-0.2, 0) is 22.4 Å². The number of ether oxygens (including phenoxy) is 2. The molecule has 3 aromatic carbocycles. The van der Waals surface area contributed by atoms with E-state index >= 15 is 0 Å². The van der Waals surface area contributed by atoms with E-state index in [4.69, 9.17) is 20.9 Å². The highest BCUT2D eigenvalue weighted by atomic mass is 16.5. The third kappa shape index (κ3) is 15.8. The van der Waals surface area contributed by atoms with Crippen molar-refractivity contribution in [2.45, 2.75) is 103 Å². The fraction of sp³-hybridized carbons (Fsp3) is 0.524. The second-order valence-electron chi connectivity index (χ2n) is 13.2. The van der Waals surface area contributed by atoms with Gasteiger partial charge in [0.1, 0.15) is 24.7 Å². The molecule has 3 rings (SSSR count). The number of hydrogen-bond donors (Lipinski definition) is 2. The Bertz CT molecular complexity index is 1220. The Morgan fingerprint density at radius 1 is 0.520 bits per heavy atom. The Balaban J connectivity index is 1.49. The van der Waals surface area contributed by atoms with Crippen molar-refractivity contribution >= 4 is 11.8 Å². The van der Waals surface area contributed by atoms with Crippen molar-refractivity contribution in [3.05, 3.63) is 96.1 Å². The standard InChI is InChI=1S/C42H62N4O4/c1-3-5-7-9-17-27-45(41(47)39(43)33-35-19-13-11-14-20-35)29-31-49-37-23-25-38(26-24-37)50-32-30-46(28-18-10-8-6-4-2)42(48)40(44)34-36-21-15-12-16-22-36/h11-16,19-26,39-40H,3-10,17-18,27-34,43-44H2,1-2H3/t39-,40-/m0/s1. The third-order valence-corrected chi connectivity index (χ3v) is 9.00. The molecule has 2 atom stereocenters. The predicted octanol–water partition coefficient (Wildman–Crippen LogP) is 7.18. The van der Waals surface area contributed by atoms with Crippen molar-refractivity contribution in [1.82, 2.24) is 9.80 Å². The number of benzene rings is 3. The summed E-state index contributed by atoms with van der Waals surface area (Å²) >= 11 is 0. The average Bonchev–Trinajstić information content (AvgIpc) is 3.14. The number of carbonyl (C=O) groups is 2. The zero-order chi connectivity index (χ0) is 35.8. The van der Waals surface area contributed by atoms with Crippen molar-refractivity contribution in [3.63, 3.8) is 0 Å². The van der Waals surface area contributed by atoms with Gasteiger partial charge in [-0.3, -0.25) is 9.59 Å². The number of rotatable bonds is 26. The molecule has 8 nitrogen and oxygen atoms in total. The molecular formula is C42H62N4O4. The summed E-state index contributed by atoms with van der Waals surface area (Å²) in [5, 5.41) is 0. The molecular weight excluding hydrogens is 624 g/mol. The number of unbranched alkanes of at least 4 members (excludes halogenated alkanes) is 8. The van der Waals surface area contributed by atoms with E-state index in [9.17, 15) is 9.59 Å². The third-order valence-electron chi connectivity index (χ3n) is 9.00. The molecule has 0 saturated heterocycles. The van der Waals surface area contributed by atoms with Crippen LogP contribution >= 0.6 is 0 Å². The van der Waals surface area contributed by atoms with Crippen LogP contribution in [0.1, 0.15) is 89.2 Å². The van der Waals surface area contributed by atoms with Crippen LogP contribution in [0.2, 0.25) is 0 Å². The molecule has 0 unspecified atom stereocenters. The monoisotopic (exact) mass is 686 g/mol. The number of hydrogen-bond acceptors (Lipinski definition) is 6. The molecule has 4 N–H and O–H groups in total. The fourth-order valence-electron chi connectivity index (χ4n) is 6.04. The van der Waals surface area contributed by atoms with Crippen LogP contribution in [0, 0.1) is 0 Å². The maximum Gasteiger partial charge on any atom is 0.239 e. The highest BCUT2D eigenvalue weighted by molar-refractivity contribution is 5.82. The van der Waals surface area contributed by atoms with Crippen LogP contribution in [0.4, 0.5) is 0 Å². The Labute approximate surface area is 301 Å². The van der Waals surface area contributed by atoms with Crippen LogP contribution in [-0.4, -0.2) is 73.1 Å². The van der Waals surface area contributed by atoms with Gasteiger partial charge in [-0.05, 0) is 61.1 Å². The van der Waals surface area contributed by atoms with Crippen molar-refractivity contribution in [3.8, 4) is 11.5 Å². The summed E-state index contributed by atoms with van der Waals surface area (Å²) in [6, 6.07) is 26.2. The molecule has 0 saturated carbocycles. The summed E-state index contributed by atoms with van der Waals surface area (Å²) in [6.07, 6.45) is 12.3. The van der Waals surface area contributed by atoms with Crippen LogP contribution in [0.25, 0.3) is 0 Å². The van der Waals surface area contributed by atoms with Gasteiger partial charge < -0.3 is 30.7 Å². The zero-order valence-electron chi connectivity index (χ0n) is 30.6. The molecule has 2 amide bonds. The summed E-state index contributed by atoms with van der Waals surface area (Å²) in [4.78, 5) is 30.4. The molecule has 0 fully saturated rings. The zero-order valence-corrected chi connectivity index (χ0v) is 30.6. The van der Waals surface area contributed by atoms with Crippen LogP contribution < -0.4 is 20.9 Å². The average molecular weight is 687 g/mol. The van der Waals surface area contributed by atoms with E-state index in [0.29, 0.717) is 63.7 Å². The van der Waals surface area contributed by atoms with E-state index in [2.05, 4.69) is 13.8 Å². The first kappa shape index (κ1) is 40.5. The van der Waals surface area contributed by atoms with Crippen LogP contribution in [0.5, 0.6) is 11.5 Å². The highest BCUT2D eigenvalue weighted by Crippen LogP contribution is 2.18. The van der Waals surface area contributed by atoms with Crippen molar-refractivity contribution in [1.29, 1.82) is 0 Å². The van der Waals surface area contributed by atoms with Gasteiger partial charge in [0.25, 0.3) is 0 Å². The van der Waals surface area contributed by atoms with Crippen LogP contribution in [0.15, 0.2) is 84.9 Å². The minimum atomic E-state index is -0.587. The number of amides is 2. The van der Waals surface area contributed by atoms with Gasteiger partial charge in [-0.25, -0.2) is 0 Å². The number of nitrogens with zero attached hydrogens (tertiary/aromatic N) is 2. The first-order valence-corrected chi connectivity index (χ1v) is 18.9. The van der Waals surface area contributed by atoms with Gasteiger partial charge in [0, 0.05) is 13.1 Å². The summed E-state index contributed by atoms with van der Waals surface area (Å²) in [7, 11) is 0. The molecule has 50 heavy (non-hydrogen) atoms. The quantitative estimate of drug-likeness (QED) is 0.0866. The molecule has 0 aliphatic rings. The molecule has 0 radical (unpaired) electrons. The topological polar surface area (TPSA) is 111 Å². The summed E-state index contributed by atoms with van der Waals surface area (Å²) in [5.41, 5.74) is 14.9. The second kappa shape index (κ2) is 24.3. The molecule has 0 heterocycles. The van der Waals surface area contributed by atoms with E-state index in [1.54, 1.807) is 0 Å². The predicted molar refractivity (Wildman–Crippen MR) is 204 cm³/mol. The van der Waals surface area contributed by atoms with E-state index in [1.807, 2.05) is 94.7 Å². The number of nitrogens with two attached hydrogens (primary N) is 2. The summed E-state index contributed by atoms with van der Waals surface area (Å²) < 4.78 is 12.1. The minimum Gasteiger partial charge on any atom is -0.492 e. The van der Waals surface area contributed by atoms with Crippen LogP contribution in [0.3, 0.4) is 0 Å². The highest BCUT2D eigenvalue weighted by Gasteiger charge is 2.22.